The molecule has 0 bridgehead atoms. The zero-order chi connectivity index (χ0) is 28.8. The fourth-order valence-electron chi connectivity index (χ4n) is 3.53. The van der Waals surface area contributed by atoms with Gasteiger partial charge in [0.2, 0.25) is 10.0 Å². The summed E-state index contributed by atoms with van der Waals surface area (Å²) in [7, 11) is -4.98. The lowest BCUT2D eigenvalue weighted by Gasteiger charge is -2.23. The van der Waals surface area contributed by atoms with Gasteiger partial charge in [-0.25, -0.2) is 25.9 Å². The molecule has 0 aliphatic heterocycles. The smallest absolute Gasteiger partial charge is 0.338 e. The van der Waals surface area contributed by atoms with Crippen molar-refractivity contribution in [2.75, 3.05) is 36.9 Å². The molecular weight excluding hydrogens is 542 g/mol. The molecule has 0 saturated carbocycles. The zero-order valence-corrected chi connectivity index (χ0v) is 23.3. The third kappa shape index (κ3) is 6.91. The number of carbonyl (C=O) groups is 2. The maximum atomic E-state index is 13.3. The van der Waals surface area contributed by atoms with Crippen LogP contribution in [0.15, 0.2) is 95.2 Å². The summed E-state index contributed by atoms with van der Waals surface area (Å²) in [4.78, 5) is 24.9. The highest BCUT2D eigenvalue weighted by molar-refractivity contribution is 7.92. The summed E-state index contributed by atoms with van der Waals surface area (Å²) >= 11 is 0. The highest BCUT2D eigenvalue weighted by atomic mass is 32.2. The van der Waals surface area contributed by atoms with E-state index >= 15 is 0 Å². The van der Waals surface area contributed by atoms with E-state index in [1.165, 1.54) is 56.6 Å². The Bertz CT molecular complexity index is 1590. The summed E-state index contributed by atoms with van der Waals surface area (Å²) in [6.07, 6.45) is 1.45. The minimum Gasteiger partial charge on any atom is -0.452 e. The van der Waals surface area contributed by atoms with Crippen LogP contribution in [0.4, 0.5) is 11.4 Å². The van der Waals surface area contributed by atoms with E-state index in [0.29, 0.717) is 11.3 Å². The largest absolute Gasteiger partial charge is 0.452 e. The standard InChI is InChI=1S/C27H29N3O7S2/c1-5-16-30(23-11-7-6-8-12-23)38(33,34)24-13-9-10-21(17-24)27(32)37-19-26(31)28-22-15-14-20(2)25(18-22)39(35,36)29(3)4/h5-15,17-18H,1,16,19H2,2-4H3,(H,28,31). The van der Waals surface area contributed by atoms with Gasteiger partial charge in [-0.2, -0.15) is 0 Å². The lowest BCUT2D eigenvalue weighted by molar-refractivity contribution is -0.119. The summed E-state index contributed by atoms with van der Waals surface area (Å²) in [5.41, 5.74) is 1.07. The van der Waals surface area contributed by atoms with Gasteiger partial charge in [-0.3, -0.25) is 9.10 Å². The van der Waals surface area contributed by atoms with Crippen LogP contribution < -0.4 is 9.62 Å². The van der Waals surface area contributed by atoms with Gasteiger partial charge in [-0.05, 0) is 55.0 Å². The van der Waals surface area contributed by atoms with Crippen molar-refractivity contribution >= 4 is 43.3 Å². The van der Waals surface area contributed by atoms with Crippen molar-refractivity contribution in [3.05, 3.63) is 96.6 Å². The molecule has 3 aromatic rings. The summed E-state index contributed by atoms with van der Waals surface area (Å²) in [6.45, 7) is 4.60. The molecular formula is C27H29N3O7S2. The second-order valence-corrected chi connectivity index (χ2v) is 12.6. The van der Waals surface area contributed by atoms with Gasteiger partial charge in [-0.1, -0.05) is 36.4 Å². The van der Waals surface area contributed by atoms with Crippen molar-refractivity contribution in [3.8, 4) is 0 Å². The SMILES string of the molecule is C=CCN(c1ccccc1)S(=O)(=O)c1cccc(C(=O)OCC(=O)Nc2ccc(C)c(S(=O)(=O)N(C)C)c2)c1. The monoisotopic (exact) mass is 571 g/mol. The Morgan fingerprint density at radius 2 is 1.62 bits per heavy atom. The number of nitrogens with one attached hydrogen (secondary N) is 1. The van der Waals surface area contributed by atoms with Crippen molar-refractivity contribution in [1.82, 2.24) is 4.31 Å². The number of benzene rings is 3. The van der Waals surface area contributed by atoms with Crippen LogP contribution in [-0.4, -0.2) is 60.3 Å². The van der Waals surface area contributed by atoms with Gasteiger partial charge in [0.1, 0.15) is 0 Å². The normalized spacial score (nSPS) is 11.6. The molecule has 3 aromatic carbocycles. The molecule has 39 heavy (non-hydrogen) atoms. The first-order chi connectivity index (χ1) is 18.4. The summed E-state index contributed by atoms with van der Waals surface area (Å²) in [6, 6.07) is 18.2. The Labute approximate surface area is 228 Å². The van der Waals surface area contributed by atoms with E-state index in [9.17, 15) is 26.4 Å². The number of hydrogen-bond acceptors (Lipinski definition) is 7. The molecule has 0 aliphatic rings. The van der Waals surface area contributed by atoms with Gasteiger partial charge in [0, 0.05) is 19.8 Å². The molecule has 12 heteroatoms. The number of ether oxygens (including phenoxy) is 1. The van der Waals surface area contributed by atoms with Gasteiger partial charge in [0.05, 0.1) is 27.6 Å². The van der Waals surface area contributed by atoms with Crippen molar-refractivity contribution in [3.63, 3.8) is 0 Å². The number of carbonyl (C=O) groups excluding carboxylic acids is 2. The van der Waals surface area contributed by atoms with Crippen molar-refractivity contribution in [2.24, 2.45) is 0 Å². The summed E-state index contributed by atoms with van der Waals surface area (Å²) in [5.74, 6) is -1.61. The third-order valence-corrected chi connectivity index (χ3v) is 9.31. The number of anilines is 2. The van der Waals surface area contributed by atoms with Gasteiger partial charge in [0.25, 0.3) is 15.9 Å². The van der Waals surface area contributed by atoms with Crippen molar-refractivity contribution in [1.29, 1.82) is 0 Å². The minimum atomic E-state index is -4.05. The molecule has 0 spiro atoms. The predicted octanol–water partition coefficient (Wildman–Crippen LogP) is 3.42. The van der Waals surface area contributed by atoms with Crippen LogP contribution in [0.3, 0.4) is 0 Å². The van der Waals surface area contributed by atoms with Gasteiger partial charge in [-0.15, -0.1) is 6.58 Å². The molecule has 0 saturated heterocycles. The Hall–Kier alpha value is -4.00. The lowest BCUT2D eigenvalue weighted by atomic mass is 10.2. The zero-order valence-electron chi connectivity index (χ0n) is 21.7. The van der Waals surface area contributed by atoms with Gasteiger partial charge < -0.3 is 10.1 Å². The number of hydrogen-bond donors (Lipinski definition) is 1. The Kier molecular flexibility index (Phi) is 9.28. The van der Waals surface area contributed by atoms with Crippen LogP contribution in [0.1, 0.15) is 15.9 Å². The third-order valence-electron chi connectivity index (χ3n) is 5.56. The van der Waals surface area contributed by atoms with E-state index in [0.717, 1.165) is 8.61 Å². The molecule has 206 valence electrons. The number of sulfonamides is 2. The van der Waals surface area contributed by atoms with E-state index in [1.54, 1.807) is 43.3 Å². The molecule has 1 amide bonds. The molecule has 3 rings (SSSR count). The van der Waals surface area contributed by atoms with E-state index in [4.69, 9.17) is 4.74 Å². The van der Waals surface area contributed by atoms with Crippen LogP contribution in [-0.2, 0) is 29.6 Å². The van der Waals surface area contributed by atoms with Gasteiger partial charge >= 0.3 is 5.97 Å². The first-order valence-corrected chi connectivity index (χ1v) is 14.5. The Morgan fingerprint density at radius 3 is 2.26 bits per heavy atom. The number of rotatable bonds is 11. The molecule has 10 nitrogen and oxygen atoms in total. The maximum Gasteiger partial charge on any atom is 0.338 e. The first kappa shape index (κ1) is 29.6. The molecule has 0 fully saturated rings. The lowest BCUT2D eigenvalue weighted by Crippen LogP contribution is -2.31. The topological polar surface area (TPSA) is 130 Å². The summed E-state index contributed by atoms with van der Waals surface area (Å²) < 4.78 is 59.0. The van der Waals surface area contributed by atoms with Crippen molar-refractivity contribution in [2.45, 2.75) is 16.7 Å². The average molecular weight is 572 g/mol. The van der Waals surface area contributed by atoms with E-state index in [-0.39, 0.29) is 27.6 Å². The first-order valence-electron chi connectivity index (χ1n) is 11.7. The second kappa shape index (κ2) is 12.2. The molecule has 0 heterocycles. The number of para-hydroxylation sites is 1. The maximum absolute atomic E-state index is 13.3. The molecule has 0 aliphatic carbocycles. The molecule has 0 unspecified atom stereocenters. The quantitative estimate of drug-likeness (QED) is 0.276. The second-order valence-electron chi connectivity index (χ2n) is 8.58. The van der Waals surface area contributed by atoms with Crippen LogP contribution in [0.2, 0.25) is 0 Å². The average Bonchev–Trinajstić information content (AvgIpc) is 2.91. The van der Waals surface area contributed by atoms with E-state index in [2.05, 4.69) is 11.9 Å². The minimum absolute atomic E-state index is 0.0117. The van der Waals surface area contributed by atoms with Crippen molar-refractivity contribution < 1.29 is 31.2 Å². The van der Waals surface area contributed by atoms with Crippen LogP contribution in [0.25, 0.3) is 0 Å². The Morgan fingerprint density at radius 1 is 0.923 bits per heavy atom. The molecule has 0 radical (unpaired) electrons. The van der Waals surface area contributed by atoms with Crippen LogP contribution in [0.5, 0.6) is 0 Å². The van der Waals surface area contributed by atoms with Crippen LogP contribution >= 0.6 is 0 Å². The molecule has 0 atom stereocenters. The number of nitrogens with zero attached hydrogens (tertiary/aromatic N) is 2. The summed E-state index contributed by atoms with van der Waals surface area (Å²) in [5, 5.41) is 2.50. The van der Waals surface area contributed by atoms with Gasteiger partial charge in [0.15, 0.2) is 6.61 Å². The fraction of sp³-hybridized carbons (Fsp3) is 0.185. The van der Waals surface area contributed by atoms with Crippen LogP contribution in [0, 0.1) is 6.92 Å². The highest BCUT2D eigenvalue weighted by Gasteiger charge is 2.25. The molecule has 1 N–H and O–H groups in total. The highest BCUT2D eigenvalue weighted by Crippen LogP contribution is 2.25. The number of amides is 1. The Balaban J connectivity index is 1.73. The molecule has 0 aromatic heterocycles. The predicted molar refractivity (Wildman–Crippen MR) is 149 cm³/mol. The fourth-order valence-corrected chi connectivity index (χ4v) is 6.15. The van der Waals surface area contributed by atoms with E-state index < -0.39 is 38.5 Å². The number of aryl methyl sites for hydroxylation is 1. The van der Waals surface area contributed by atoms with E-state index in [1.807, 2.05) is 0 Å². The number of esters is 1.